The summed E-state index contributed by atoms with van der Waals surface area (Å²) in [6.07, 6.45) is 0.779. The van der Waals surface area contributed by atoms with Crippen LogP contribution in [0.25, 0.3) is 11.0 Å². The van der Waals surface area contributed by atoms with Gasteiger partial charge in [-0.1, -0.05) is 30.3 Å². The van der Waals surface area contributed by atoms with Gasteiger partial charge in [-0.05, 0) is 37.1 Å². The van der Waals surface area contributed by atoms with Crippen molar-refractivity contribution in [1.82, 2.24) is 9.21 Å². The number of nitrogens with one attached hydrogen (secondary N) is 1. The number of ether oxygens (including phenoxy) is 1. The van der Waals surface area contributed by atoms with Gasteiger partial charge < -0.3 is 19.4 Å². The molecule has 2 aliphatic heterocycles. The van der Waals surface area contributed by atoms with Crippen molar-refractivity contribution in [2.24, 2.45) is 5.92 Å². The fourth-order valence-corrected chi connectivity index (χ4v) is 6.05. The first kappa shape index (κ1) is 23.5. The molecule has 0 saturated carbocycles. The number of anilines is 1. The number of para-hydroxylation sites is 1. The third-order valence-electron chi connectivity index (χ3n) is 6.54. The van der Waals surface area contributed by atoms with Gasteiger partial charge in [-0.15, -0.1) is 0 Å². The molecule has 0 radical (unpaired) electrons. The van der Waals surface area contributed by atoms with Crippen LogP contribution in [0.2, 0.25) is 0 Å². The molecule has 2 saturated heterocycles. The quantitative estimate of drug-likeness (QED) is 0.581. The number of carbonyl (C=O) groups is 2. The Kier molecular flexibility index (Phi) is 6.59. The van der Waals surface area contributed by atoms with Crippen molar-refractivity contribution in [3.63, 3.8) is 0 Å². The highest BCUT2D eigenvalue weighted by Gasteiger charge is 2.34. The van der Waals surface area contributed by atoms with Gasteiger partial charge >= 0.3 is 0 Å². The predicted octanol–water partition coefficient (Wildman–Crippen LogP) is 2.94. The Morgan fingerprint density at radius 1 is 0.886 bits per heavy atom. The summed E-state index contributed by atoms with van der Waals surface area (Å²) in [4.78, 5) is 28.3. The maximum atomic E-state index is 13.2. The monoisotopic (exact) mass is 497 g/mol. The van der Waals surface area contributed by atoms with Crippen LogP contribution in [0.15, 0.2) is 63.9 Å². The summed E-state index contributed by atoms with van der Waals surface area (Å²) < 4.78 is 38.4. The van der Waals surface area contributed by atoms with Gasteiger partial charge in [0.05, 0.1) is 18.1 Å². The summed E-state index contributed by atoms with van der Waals surface area (Å²) in [5.74, 6) is -0.810. The topological polar surface area (TPSA) is 109 Å². The van der Waals surface area contributed by atoms with Crippen LogP contribution in [0.5, 0.6) is 0 Å². The van der Waals surface area contributed by atoms with Crippen molar-refractivity contribution >= 4 is 38.5 Å². The molecule has 2 fully saturated rings. The molecule has 9 nitrogen and oxygen atoms in total. The zero-order valence-electron chi connectivity index (χ0n) is 19.2. The molecular weight excluding hydrogens is 470 g/mol. The fraction of sp³-hybridized carbons (Fsp3) is 0.360. The lowest BCUT2D eigenvalue weighted by Gasteiger charge is -2.30. The molecule has 0 aliphatic carbocycles. The minimum Gasteiger partial charge on any atom is -0.449 e. The summed E-state index contributed by atoms with van der Waals surface area (Å²) in [6, 6.07) is 15.5. The van der Waals surface area contributed by atoms with Crippen molar-refractivity contribution in [1.29, 1.82) is 0 Å². The Labute approximate surface area is 203 Å². The SMILES string of the molecule is O=C(Nc1c(C(=O)N2CCOCC2)oc2ccccc12)C1CCN(S(=O)(=O)c2ccccc2)CC1. The van der Waals surface area contributed by atoms with Gasteiger partial charge in [0.25, 0.3) is 5.91 Å². The summed E-state index contributed by atoms with van der Waals surface area (Å²) in [6.45, 7) is 2.33. The van der Waals surface area contributed by atoms with Crippen molar-refractivity contribution < 1.29 is 27.2 Å². The number of morpholine rings is 1. The molecular formula is C25H27N3O6S. The zero-order chi connectivity index (χ0) is 24.4. The van der Waals surface area contributed by atoms with Crippen LogP contribution >= 0.6 is 0 Å². The lowest BCUT2D eigenvalue weighted by molar-refractivity contribution is -0.120. The van der Waals surface area contributed by atoms with Crippen LogP contribution in [-0.4, -0.2) is 68.8 Å². The lowest BCUT2D eigenvalue weighted by atomic mass is 9.97. The maximum absolute atomic E-state index is 13.2. The van der Waals surface area contributed by atoms with E-state index in [1.165, 1.54) is 4.31 Å². The molecule has 2 aromatic carbocycles. The number of carbonyl (C=O) groups excluding carboxylic acids is 2. The van der Waals surface area contributed by atoms with Crippen molar-refractivity contribution in [3.8, 4) is 0 Å². The molecule has 3 aromatic rings. The van der Waals surface area contributed by atoms with E-state index >= 15 is 0 Å². The average molecular weight is 498 g/mol. The van der Waals surface area contributed by atoms with Gasteiger partial charge in [-0.25, -0.2) is 8.42 Å². The highest BCUT2D eigenvalue weighted by molar-refractivity contribution is 7.89. The third kappa shape index (κ3) is 4.69. The number of rotatable bonds is 5. The molecule has 0 spiro atoms. The van der Waals surface area contributed by atoms with Crippen molar-refractivity contribution in [2.75, 3.05) is 44.7 Å². The van der Waals surface area contributed by atoms with Crippen molar-refractivity contribution in [2.45, 2.75) is 17.7 Å². The van der Waals surface area contributed by atoms with Crippen molar-refractivity contribution in [3.05, 3.63) is 60.4 Å². The van der Waals surface area contributed by atoms with Crippen LogP contribution in [-0.2, 0) is 19.6 Å². The second kappa shape index (κ2) is 9.80. The molecule has 3 heterocycles. The normalized spacial score (nSPS) is 18.0. The van der Waals surface area contributed by atoms with E-state index in [4.69, 9.17) is 9.15 Å². The van der Waals surface area contributed by atoms with Gasteiger partial charge in [0, 0.05) is 37.5 Å². The Morgan fingerprint density at radius 2 is 1.54 bits per heavy atom. The third-order valence-corrected chi connectivity index (χ3v) is 8.45. The summed E-state index contributed by atoms with van der Waals surface area (Å²) >= 11 is 0. The first-order valence-electron chi connectivity index (χ1n) is 11.7. The van der Waals surface area contributed by atoms with E-state index in [2.05, 4.69) is 5.32 Å². The van der Waals surface area contributed by atoms with E-state index in [0.29, 0.717) is 55.8 Å². The number of sulfonamides is 1. The second-order valence-electron chi connectivity index (χ2n) is 8.69. The largest absolute Gasteiger partial charge is 0.449 e. The minimum absolute atomic E-state index is 0.102. The number of benzene rings is 2. The zero-order valence-corrected chi connectivity index (χ0v) is 20.0. The van der Waals surface area contributed by atoms with Gasteiger partial charge in [-0.2, -0.15) is 4.31 Å². The van der Waals surface area contributed by atoms with E-state index in [1.807, 2.05) is 12.1 Å². The second-order valence-corrected chi connectivity index (χ2v) is 10.6. The van der Waals surface area contributed by atoms with Gasteiger partial charge in [0.15, 0.2) is 0 Å². The predicted molar refractivity (Wildman–Crippen MR) is 129 cm³/mol. The van der Waals surface area contributed by atoms with E-state index in [0.717, 1.165) is 0 Å². The maximum Gasteiger partial charge on any atom is 0.291 e. The molecule has 1 N–H and O–H groups in total. The summed E-state index contributed by atoms with van der Waals surface area (Å²) in [5.41, 5.74) is 0.879. The van der Waals surface area contributed by atoms with Crippen LogP contribution in [0.3, 0.4) is 0 Å². The number of piperidine rings is 1. The molecule has 35 heavy (non-hydrogen) atoms. The first-order chi connectivity index (χ1) is 16.9. The summed E-state index contributed by atoms with van der Waals surface area (Å²) in [7, 11) is -3.59. The summed E-state index contributed by atoms with van der Waals surface area (Å²) in [5, 5.41) is 3.58. The van der Waals surface area contributed by atoms with Gasteiger partial charge in [0.2, 0.25) is 21.7 Å². The molecule has 5 rings (SSSR count). The molecule has 2 amide bonds. The smallest absolute Gasteiger partial charge is 0.291 e. The Hall–Kier alpha value is -3.21. The standard InChI is InChI=1S/C25H27N3O6S/c29-24(18-10-12-28(13-11-18)35(31,32)19-6-2-1-3-7-19)26-22-20-8-4-5-9-21(20)34-23(22)25(30)27-14-16-33-17-15-27/h1-9,18H,10-17H2,(H,26,29). The Bertz CT molecular complexity index is 1320. The van der Waals surface area contributed by atoms with Crippen LogP contribution in [0.1, 0.15) is 23.4 Å². The van der Waals surface area contributed by atoms with E-state index in [9.17, 15) is 18.0 Å². The molecule has 184 valence electrons. The van der Waals surface area contributed by atoms with Crippen LogP contribution in [0.4, 0.5) is 5.69 Å². The van der Waals surface area contributed by atoms with E-state index in [1.54, 1.807) is 47.4 Å². The van der Waals surface area contributed by atoms with Crippen LogP contribution < -0.4 is 5.32 Å². The molecule has 0 bridgehead atoms. The lowest BCUT2D eigenvalue weighted by Crippen LogP contribution is -2.42. The van der Waals surface area contributed by atoms with E-state index < -0.39 is 10.0 Å². The molecule has 2 aliphatic rings. The number of nitrogens with zero attached hydrogens (tertiary/aromatic N) is 2. The first-order valence-corrected chi connectivity index (χ1v) is 13.1. The van der Waals surface area contributed by atoms with Gasteiger partial charge in [-0.3, -0.25) is 9.59 Å². The highest BCUT2D eigenvalue weighted by Crippen LogP contribution is 2.33. The molecule has 1 aromatic heterocycles. The minimum atomic E-state index is -3.59. The Balaban J connectivity index is 1.32. The molecule has 0 unspecified atom stereocenters. The number of fused-ring (bicyclic) bond motifs is 1. The Morgan fingerprint density at radius 3 is 2.26 bits per heavy atom. The fourth-order valence-electron chi connectivity index (χ4n) is 4.56. The van der Waals surface area contributed by atoms with E-state index in [-0.39, 0.29) is 41.5 Å². The molecule has 10 heteroatoms. The average Bonchev–Trinajstić information content (AvgIpc) is 3.27. The molecule has 0 atom stereocenters. The van der Waals surface area contributed by atoms with Crippen LogP contribution in [0, 0.1) is 5.92 Å². The number of hydrogen-bond donors (Lipinski definition) is 1. The van der Waals surface area contributed by atoms with Gasteiger partial charge in [0.1, 0.15) is 11.3 Å². The highest BCUT2D eigenvalue weighted by atomic mass is 32.2. The number of furan rings is 1. The number of amides is 2. The number of hydrogen-bond acceptors (Lipinski definition) is 6.